The number of benzene rings is 1. The minimum absolute atomic E-state index is 0.274. The Balaban J connectivity index is 2.28. The van der Waals surface area contributed by atoms with E-state index in [0.29, 0.717) is 6.42 Å². The summed E-state index contributed by atoms with van der Waals surface area (Å²) < 4.78 is 5.54. The van der Waals surface area contributed by atoms with Gasteiger partial charge in [-0.3, -0.25) is 5.01 Å². The SMILES string of the molecule is COC(=O)[C@H]1CC(Br)=NN1c1ccc(C)cc1. The molecular weight excluding hydrogens is 284 g/mol. The molecule has 2 rings (SSSR count). The first-order valence-electron chi connectivity index (χ1n) is 5.28. The molecule has 0 aromatic heterocycles. The fraction of sp³-hybridized carbons (Fsp3) is 0.333. The molecule has 4 nitrogen and oxygen atoms in total. The lowest BCUT2D eigenvalue weighted by atomic mass is 10.2. The zero-order valence-corrected chi connectivity index (χ0v) is 11.3. The number of hydrogen-bond acceptors (Lipinski definition) is 4. The van der Waals surface area contributed by atoms with Gasteiger partial charge in [0.1, 0.15) is 4.62 Å². The van der Waals surface area contributed by atoms with Crippen LogP contribution in [-0.2, 0) is 9.53 Å². The zero-order chi connectivity index (χ0) is 12.4. The van der Waals surface area contributed by atoms with Gasteiger partial charge in [-0.15, -0.1) is 0 Å². The third-order valence-corrected chi connectivity index (χ3v) is 3.13. The topological polar surface area (TPSA) is 41.9 Å². The number of rotatable bonds is 2. The number of nitrogens with zero attached hydrogens (tertiary/aromatic N) is 2. The van der Waals surface area contributed by atoms with Crippen molar-refractivity contribution in [1.29, 1.82) is 0 Å². The standard InChI is InChI=1S/C12H13BrN2O2/c1-8-3-5-9(6-4-8)15-10(12(16)17-2)7-11(13)14-15/h3-6,10H,7H2,1-2H3/t10-/m1/s1. The second kappa shape index (κ2) is 4.87. The van der Waals surface area contributed by atoms with E-state index >= 15 is 0 Å². The molecule has 0 N–H and O–H groups in total. The Labute approximate surface area is 108 Å². The molecule has 1 aromatic carbocycles. The summed E-state index contributed by atoms with van der Waals surface area (Å²) in [5.74, 6) is -0.274. The van der Waals surface area contributed by atoms with Crippen molar-refractivity contribution < 1.29 is 9.53 Å². The van der Waals surface area contributed by atoms with Gasteiger partial charge in [0.2, 0.25) is 0 Å². The highest BCUT2D eigenvalue weighted by molar-refractivity contribution is 9.18. The maximum Gasteiger partial charge on any atom is 0.331 e. The Morgan fingerprint density at radius 2 is 2.12 bits per heavy atom. The minimum Gasteiger partial charge on any atom is -0.467 e. The van der Waals surface area contributed by atoms with Gasteiger partial charge in [-0.2, -0.15) is 5.10 Å². The first-order chi connectivity index (χ1) is 8.11. The Morgan fingerprint density at radius 1 is 1.47 bits per heavy atom. The molecule has 5 heteroatoms. The molecule has 0 spiro atoms. The molecule has 0 amide bonds. The molecule has 0 unspecified atom stereocenters. The van der Waals surface area contributed by atoms with Crippen LogP contribution in [0.2, 0.25) is 0 Å². The van der Waals surface area contributed by atoms with E-state index in [2.05, 4.69) is 21.0 Å². The van der Waals surface area contributed by atoms with E-state index in [1.54, 1.807) is 5.01 Å². The summed E-state index contributed by atoms with van der Waals surface area (Å²) in [7, 11) is 1.39. The Morgan fingerprint density at radius 3 is 2.71 bits per heavy atom. The molecule has 0 radical (unpaired) electrons. The smallest absolute Gasteiger partial charge is 0.331 e. The first kappa shape index (κ1) is 12.1. The Kier molecular flexibility index (Phi) is 3.47. The zero-order valence-electron chi connectivity index (χ0n) is 9.68. The van der Waals surface area contributed by atoms with Crippen molar-refractivity contribution in [3.05, 3.63) is 29.8 Å². The van der Waals surface area contributed by atoms with Crippen LogP contribution in [0.5, 0.6) is 0 Å². The van der Waals surface area contributed by atoms with E-state index in [1.807, 2.05) is 31.2 Å². The van der Waals surface area contributed by atoms with Gasteiger partial charge in [0.15, 0.2) is 6.04 Å². The predicted octanol–water partition coefficient (Wildman–Crippen LogP) is 2.46. The average Bonchev–Trinajstić information content (AvgIpc) is 2.71. The molecule has 0 fully saturated rings. The third-order valence-electron chi connectivity index (χ3n) is 2.65. The lowest BCUT2D eigenvalue weighted by Gasteiger charge is -2.21. The molecule has 0 aliphatic carbocycles. The van der Waals surface area contributed by atoms with Gasteiger partial charge in [0, 0.05) is 6.42 Å². The summed E-state index contributed by atoms with van der Waals surface area (Å²) in [6.07, 6.45) is 0.542. The maximum atomic E-state index is 11.7. The molecular formula is C12H13BrN2O2. The van der Waals surface area contributed by atoms with Crippen LogP contribution in [-0.4, -0.2) is 23.7 Å². The van der Waals surface area contributed by atoms with Crippen molar-refractivity contribution in [3.8, 4) is 0 Å². The van der Waals surface area contributed by atoms with Crippen molar-refractivity contribution in [2.75, 3.05) is 12.1 Å². The molecule has 17 heavy (non-hydrogen) atoms. The Bertz CT molecular complexity index is 456. The van der Waals surface area contributed by atoms with Crippen molar-refractivity contribution in [1.82, 2.24) is 0 Å². The number of anilines is 1. The maximum absolute atomic E-state index is 11.7. The number of aryl methyl sites for hydroxylation is 1. The lowest BCUT2D eigenvalue weighted by Crippen LogP contribution is -2.35. The summed E-state index contributed by atoms with van der Waals surface area (Å²) in [5, 5.41) is 5.99. The molecule has 1 heterocycles. The molecule has 1 atom stereocenters. The van der Waals surface area contributed by atoms with Crippen LogP contribution >= 0.6 is 15.9 Å². The van der Waals surface area contributed by atoms with Gasteiger partial charge >= 0.3 is 5.97 Å². The summed E-state index contributed by atoms with van der Waals surface area (Å²) in [6, 6.07) is 7.49. The fourth-order valence-electron chi connectivity index (χ4n) is 1.73. The van der Waals surface area contributed by atoms with E-state index < -0.39 is 0 Å². The van der Waals surface area contributed by atoms with Crippen LogP contribution in [0.4, 0.5) is 5.69 Å². The van der Waals surface area contributed by atoms with E-state index in [1.165, 1.54) is 12.7 Å². The van der Waals surface area contributed by atoms with Gasteiger partial charge in [-0.25, -0.2) is 4.79 Å². The number of halogens is 1. The van der Waals surface area contributed by atoms with Crippen molar-refractivity contribution in [2.24, 2.45) is 5.10 Å². The summed E-state index contributed by atoms with van der Waals surface area (Å²) in [6.45, 7) is 2.02. The van der Waals surface area contributed by atoms with E-state index in [0.717, 1.165) is 10.3 Å². The monoisotopic (exact) mass is 296 g/mol. The molecule has 1 aliphatic rings. The summed E-state index contributed by atoms with van der Waals surface area (Å²) in [4.78, 5) is 11.7. The van der Waals surface area contributed by atoms with Gasteiger partial charge in [-0.05, 0) is 35.0 Å². The largest absolute Gasteiger partial charge is 0.467 e. The van der Waals surface area contributed by atoms with Gasteiger partial charge in [0.05, 0.1) is 12.8 Å². The number of carbonyl (C=O) groups is 1. The van der Waals surface area contributed by atoms with Crippen LogP contribution < -0.4 is 5.01 Å². The van der Waals surface area contributed by atoms with Crippen molar-refractivity contribution in [2.45, 2.75) is 19.4 Å². The number of ether oxygens (including phenoxy) is 1. The third kappa shape index (κ3) is 2.49. The molecule has 0 saturated carbocycles. The minimum atomic E-state index is -0.378. The number of carbonyl (C=O) groups excluding carboxylic acids is 1. The lowest BCUT2D eigenvalue weighted by molar-refractivity contribution is -0.141. The van der Waals surface area contributed by atoms with Crippen LogP contribution in [0.1, 0.15) is 12.0 Å². The predicted molar refractivity (Wildman–Crippen MR) is 70.4 cm³/mol. The van der Waals surface area contributed by atoms with Crippen LogP contribution in [0.15, 0.2) is 29.4 Å². The van der Waals surface area contributed by atoms with E-state index in [-0.39, 0.29) is 12.0 Å². The normalized spacial score (nSPS) is 19.1. The summed E-state index contributed by atoms with van der Waals surface area (Å²) in [5.41, 5.74) is 2.06. The van der Waals surface area contributed by atoms with E-state index in [4.69, 9.17) is 4.74 Å². The molecule has 0 saturated heterocycles. The average molecular weight is 297 g/mol. The van der Waals surface area contributed by atoms with Gasteiger partial charge in [0.25, 0.3) is 0 Å². The quantitative estimate of drug-likeness (QED) is 0.787. The number of methoxy groups -OCH3 is 1. The highest BCUT2D eigenvalue weighted by Crippen LogP contribution is 2.27. The molecule has 1 aromatic rings. The van der Waals surface area contributed by atoms with E-state index in [9.17, 15) is 4.79 Å². The molecule has 0 bridgehead atoms. The number of esters is 1. The molecule has 1 aliphatic heterocycles. The van der Waals surface area contributed by atoms with Crippen molar-refractivity contribution >= 4 is 32.2 Å². The molecule has 90 valence electrons. The highest BCUT2D eigenvalue weighted by Gasteiger charge is 2.33. The second-order valence-electron chi connectivity index (χ2n) is 3.90. The van der Waals surface area contributed by atoms with Gasteiger partial charge in [-0.1, -0.05) is 17.7 Å². The number of hydrazone groups is 1. The van der Waals surface area contributed by atoms with Crippen LogP contribution in [0.3, 0.4) is 0 Å². The summed E-state index contributed by atoms with van der Waals surface area (Å²) >= 11 is 3.33. The second-order valence-corrected chi connectivity index (χ2v) is 4.81. The van der Waals surface area contributed by atoms with Gasteiger partial charge < -0.3 is 4.74 Å². The van der Waals surface area contributed by atoms with Crippen molar-refractivity contribution in [3.63, 3.8) is 0 Å². The van der Waals surface area contributed by atoms with Crippen LogP contribution in [0.25, 0.3) is 0 Å². The van der Waals surface area contributed by atoms with Crippen LogP contribution in [0, 0.1) is 6.92 Å². The number of hydrogen-bond donors (Lipinski definition) is 0. The highest BCUT2D eigenvalue weighted by atomic mass is 79.9. The fourth-order valence-corrected chi connectivity index (χ4v) is 2.21. The first-order valence-corrected chi connectivity index (χ1v) is 6.08. The Hall–Kier alpha value is -1.36.